The van der Waals surface area contributed by atoms with E-state index in [0.29, 0.717) is 5.95 Å². The number of amides is 1. The molecule has 1 fully saturated rings. The van der Waals surface area contributed by atoms with Gasteiger partial charge in [-0.15, -0.1) is 0 Å². The second kappa shape index (κ2) is 9.06. The lowest BCUT2D eigenvalue weighted by molar-refractivity contribution is 0.0253. The summed E-state index contributed by atoms with van der Waals surface area (Å²) in [6.45, 7) is 10.00. The summed E-state index contributed by atoms with van der Waals surface area (Å²) in [5.41, 5.74) is 1.01. The summed E-state index contributed by atoms with van der Waals surface area (Å²) in [7, 11) is 1.98. The van der Waals surface area contributed by atoms with Crippen molar-refractivity contribution in [1.29, 1.82) is 0 Å². The third-order valence-electron chi connectivity index (χ3n) is 4.73. The molecule has 1 amide bonds. The molecule has 137 valence electrons. The molecule has 0 aliphatic carbocycles. The van der Waals surface area contributed by atoms with Gasteiger partial charge < -0.3 is 15.0 Å². The van der Waals surface area contributed by atoms with E-state index in [-0.39, 0.29) is 30.3 Å². The highest BCUT2D eigenvalue weighted by atomic mass is 16.6. The van der Waals surface area contributed by atoms with Crippen LogP contribution in [0.1, 0.15) is 53.4 Å². The molecule has 1 aliphatic rings. The molecule has 6 nitrogen and oxygen atoms in total. The lowest BCUT2D eigenvalue weighted by atomic mass is 9.75. The van der Waals surface area contributed by atoms with E-state index in [1.165, 1.54) is 0 Å². The van der Waals surface area contributed by atoms with Crippen LogP contribution >= 0.6 is 0 Å². The third kappa shape index (κ3) is 5.09. The normalized spacial score (nSPS) is 23.4. The van der Waals surface area contributed by atoms with Gasteiger partial charge in [0.1, 0.15) is 0 Å². The molecule has 7 heteroatoms. The van der Waals surface area contributed by atoms with Gasteiger partial charge in [0.25, 0.3) is 0 Å². The molecule has 0 spiro atoms. The molecule has 2 rings (SSSR count). The largest absolute Gasteiger partial charge is 0.447 e. The Kier molecular flexibility index (Phi) is 7.08. The molecule has 1 unspecified atom stereocenters. The van der Waals surface area contributed by atoms with Crippen LogP contribution in [0.3, 0.4) is 0 Å². The molecule has 3 atom stereocenters. The summed E-state index contributed by atoms with van der Waals surface area (Å²) in [5, 5.41) is 3.45. The number of nitrogens with one attached hydrogen (secondary N) is 1. The van der Waals surface area contributed by atoms with E-state index in [2.05, 4.69) is 29.1 Å². The standard InChI is InChI=1S/C18H30BN4O2/c1-6-15-8-14(22-17-20-10-13(19-5)11-21-17)9-16(7-2)23(15)18(24)25-12(3)4/h10-12,14-16H,6-9H2,1-5H3,(H,20,21,22)/t14?,15-,16+. The van der Waals surface area contributed by atoms with Gasteiger partial charge in [-0.25, -0.2) is 14.8 Å². The van der Waals surface area contributed by atoms with Crippen LogP contribution in [-0.4, -0.2) is 52.5 Å². The van der Waals surface area contributed by atoms with Gasteiger partial charge in [-0.2, -0.15) is 0 Å². The smallest absolute Gasteiger partial charge is 0.410 e. The van der Waals surface area contributed by atoms with Gasteiger partial charge in [-0.3, -0.25) is 0 Å². The third-order valence-corrected chi connectivity index (χ3v) is 4.73. The summed E-state index contributed by atoms with van der Waals surface area (Å²) >= 11 is 0. The number of nitrogens with zero attached hydrogens (tertiary/aromatic N) is 3. The van der Waals surface area contributed by atoms with Gasteiger partial charge in [-0.1, -0.05) is 26.1 Å². The monoisotopic (exact) mass is 345 g/mol. The van der Waals surface area contributed by atoms with Crippen LogP contribution in [0, 0.1) is 0 Å². The molecular formula is C18H30BN4O2. The fraction of sp³-hybridized carbons (Fsp3) is 0.722. The van der Waals surface area contributed by atoms with Crippen LogP contribution in [0.25, 0.3) is 0 Å². The maximum absolute atomic E-state index is 12.5. The van der Waals surface area contributed by atoms with E-state index in [1.54, 1.807) is 0 Å². The number of ether oxygens (including phenoxy) is 1. The predicted octanol–water partition coefficient (Wildman–Crippen LogP) is 2.83. The van der Waals surface area contributed by atoms with Gasteiger partial charge in [0.2, 0.25) is 5.95 Å². The van der Waals surface area contributed by atoms with Crippen molar-refractivity contribution < 1.29 is 9.53 Å². The average molecular weight is 345 g/mol. The van der Waals surface area contributed by atoms with Gasteiger partial charge in [0.05, 0.1) is 6.10 Å². The second-order valence-electron chi connectivity index (χ2n) is 6.91. The van der Waals surface area contributed by atoms with Crippen LogP contribution in [0.15, 0.2) is 12.4 Å². The number of piperidine rings is 1. The van der Waals surface area contributed by atoms with E-state index < -0.39 is 0 Å². The molecule has 0 aromatic carbocycles. The Morgan fingerprint density at radius 1 is 1.28 bits per heavy atom. The molecule has 1 N–H and O–H groups in total. The zero-order valence-corrected chi connectivity index (χ0v) is 16.0. The van der Waals surface area contributed by atoms with Crippen molar-refractivity contribution >= 4 is 24.8 Å². The highest BCUT2D eigenvalue weighted by molar-refractivity contribution is 6.51. The lowest BCUT2D eigenvalue weighted by Crippen LogP contribution is -2.55. The summed E-state index contributed by atoms with van der Waals surface area (Å²) in [4.78, 5) is 23.3. The number of hydrogen-bond donors (Lipinski definition) is 1. The molecule has 1 radical (unpaired) electrons. The summed E-state index contributed by atoms with van der Waals surface area (Å²) in [5.74, 6) is 0.651. The summed E-state index contributed by atoms with van der Waals surface area (Å²) < 4.78 is 5.47. The van der Waals surface area contributed by atoms with Crippen molar-refractivity contribution in [2.24, 2.45) is 0 Å². The number of likely N-dealkylation sites (tertiary alicyclic amines) is 1. The molecule has 25 heavy (non-hydrogen) atoms. The SMILES string of the molecule is C[B]c1cnc(NC2C[C@@H](CC)N(C(=O)OC(C)C)[C@@H](CC)C2)nc1. The first-order valence-corrected chi connectivity index (χ1v) is 9.35. The van der Waals surface area contributed by atoms with Crippen molar-refractivity contribution in [3.05, 3.63) is 12.4 Å². The van der Waals surface area contributed by atoms with E-state index in [4.69, 9.17) is 4.74 Å². The Balaban J connectivity index is 2.07. The van der Waals surface area contributed by atoms with Crippen LogP contribution in [-0.2, 0) is 4.74 Å². The van der Waals surface area contributed by atoms with Crippen molar-refractivity contribution in [2.75, 3.05) is 5.32 Å². The Labute approximate surface area is 152 Å². The molecule has 2 heterocycles. The number of rotatable bonds is 6. The van der Waals surface area contributed by atoms with E-state index in [9.17, 15) is 4.79 Å². The van der Waals surface area contributed by atoms with Crippen molar-refractivity contribution in [3.63, 3.8) is 0 Å². The quantitative estimate of drug-likeness (QED) is 0.803. The van der Waals surface area contributed by atoms with Crippen molar-refractivity contribution in [1.82, 2.24) is 14.9 Å². The molecule has 1 aromatic rings. The minimum Gasteiger partial charge on any atom is -0.447 e. The van der Waals surface area contributed by atoms with Crippen molar-refractivity contribution in [2.45, 2.75) is 84.4 Å². The van der Waals surface area contributed by atoms with E-state index >= 15 is 0 Å². The average Bonchev–Trinajstić information content (AvgIpc) is 2.60. The maximum Gasteiger partial charge on any atom is 0.410 e. The number of carbonyl (C=O) groups is 1. The van der Waals surface area contributed by atoms with Crippen LogP contribution in [0.4, 0.5) is 10.7 Å². The molecule has 1 aliphatic heterocycles. The number of carbonyl (C=O) groups excluding carboxylic acids is 1. The van der Waals surface area contributed by atoms with Gasteiger partial charge in [-0.05, 0) is 39.5 Å². The predicted molar refractivity (Wildman–Crippen MR) is 102 cm³/mol. The Morgan fingerprint density at radius 2 is 1.84 bits per heavy atom. The number of anilines is 1. The zero-order valence-electron chi connectivity index (χ0n) is 16.0. The lowest BCUT2D eigenvalue weighted by Gasteiger charge is -2.44. The minimum atomic E-state index is -0.189. The molecule has 0 saturated carbocycles. The molecule has 1 saturated heterocycles. The van der Waals surface area contributed by atoms with Crippen LogP contribution < -0.4 is 10.8 Å². The fourth-order valence-electron chi connectivity index (χ4n) is 3.43. The second-order valence-corrected chi connectivity index (χ2v) is 6.91. The van der Waals surface area contributed by atoms with Gasteiger partial charge >= 0.3 is 6.09 Å². The van der Waals surface area contributed by atoms with Crippen molar-refractivity contribution in [3.8, 4) is 0 Å². The van der Waals surface area contributed by atoms with E-state index in [0.717, 1.165) is 31.1 Å². The summed E-state index contributed by atoms with van der Waals surface area (Å²) in [6.07, 6.45) is 6.93. The Hall–Kier alpha value is -1.79. The minimum absolute atomic E-state index is 0.0966. The Morgan fingerprint density at radius 3 is 2.28 bits per heavy atom. The summed E-state index contributed by atoms with van der Waals surface area (Å²) in [6, 6.07) is 0.603. The maximum atomic E-state index is 12.5. The first kappa shape index (κ1) is 19.5. The van der Waals surface area contributed by atoms with Crippen LogP contribution in [0.2, 0.25) is 6.82 Å². The highest BCUT2D eigenvalue weighted by Crippen LogP contribution is 2.29. The molecular weight excluding hydrogens is 315 g/mol. The first-order valence-electron chi connectivity index (χ1n) is 9.35. The fourth-order valence-corrected chi connectivity index (χ4v) is 3.43. The zero-order chi connectivity index (χ0) is 18.4. The number of aromatic nitrogens is 2. The van der Waals surface area contributed by atoms with Crippen LogP contribution in [0.5, 0.6) is 0 Å². The molecule has 1 aromatic heterocycles. The Bertz CT molecular complexity index is 539. The van der Waals surface area contributed by atoms with Gasteiger partial charge in [0.15, 0.2) is 7.28 Å². The molecule has 0 bridgehead atoms. The van der Waals surface area contributed by atoms with Gasteiger partial charge in [0, 0.05) is 30.5 Å². The van der Waals surface area contributed by atoms with E-state index in [1.807, 2.05) is 45.2 Å². The number of hydrogen-bond acceptors (Lipinski definition) is 5. The topological polar surface area (TPSA) is 67.4 Å². The highest BCUT2D eigenvalue weighted by Gasteiger charge is 2.38. The first-order chi connectivity index (χ1) is 12.0.